The third-order valence-corrected chi connectivity index (χ3v) is 8.52. The van der Waals surface area contributed by atoms with Crippen molar-refractivity contribution < 1.29 is 24.2 Å². The number of amides is 2. The molecule has 8 nitrogen and oxygen atoms in total. The molecule has 1 aliphatic rings. The van der Waals surface area contributed by atoms with Crippen LogP contribution in [0.1, 0.15) is 89.7 Å². The van der Waals surface area contributed by atoms with Gasteiger partial charge in [-0.2, -0.15) is 0 Å². The molecule has 1 fully saturated rings. The summed E-state index contributed by atoms with van der Waals surface area (Å²) in [4.78, 5) is 40.0. The highest BCUT2D eigenvalue weighted by Gasteiger charge is 2.39. The van der Waals surface area contributed by atoms with Gasteiger partial charge in [-0.1, -0.05) is 71.4 Å². The molecule has 2 amide bonds. The minimum Gasteiger partial charge on any atom is -0.477 e. The summed E-state index contributed by atoms with van der Waals surface area (Å²) in [5.74, 6) is -1.00. The lowest BCUT2D eigenvalue weighted by Crippen LogP contribution is -2.55. The minimum atomic E-state index is -0.958. The van der Waals surface area contributed by atoms with Gasteiger partial charge in [-0.25, -0.2) is 9.59 Å². The van der Waals surface area contributed by atoms with Gasteiger partial charge in [0.25, 0.3) is 0 Å². The van der Waals surface area contributed by atoms with Crippen LogP contribution in [0.5, 0.6) is 0 Å². The Morgan fingerprint density at radius 3 is 2.37 bits per heavy atom. The van der Waals surface area contributed by atoms with E-state index >= 15 is 0 Å². The number of hydrogen-bond acceptors (Lipinski definition) is 4. The molecule has 8 heteroatoms. The van der Waals surface area contributed by atoms with Crippen molar-refractivity contribution in [2.45, 2.75) is 92.2 Å². The van der Waals surface area contributed by atoms with Crippen LogP contribution in [0, 0.1) is 10.8 Å². The molecule has 0 saturated carbocycles. The molecular formula is C35H47N3O5. The number of nitrogens with one attached hydrogen (secondary N) is 1. The standard InChI is InChI=1S/C35H47N3O5/c1-24-14-13-21-37(24)31(39)30(34(2,3)4)36-33(42)43-23-35(5,6)20-11-10-15-25-16-12-19-28-27(25)22-29(32(40)41)38(28)26-17-8-7-9-18-26/h7-9,12,16-19,22,24,30H,10-11,13-15,20-21,23H2,1-6H3,(H,36,42)(H,40,41)/t24?,30-/m1/s1. The molecule has 232 valence electrons. The monoisotopic (exact) mass is 589 g/mol. The third kappa shape index (κ3) is 7.78. The molecule has 4 rings (SSSR count). The van der Waals surface area contributed by atoms with E-state index in [1.165, 1.54) is 0 Å². The smallest absolute Gasteiger partial charge is 0.407 e. The molecule has 3 aromatic rings. The molecule has 0 aliphatic carbocycles. The fraction of sp³-hybridized carbons (Fsp3) is 0.514. The zero-order chi connectivity index (χ0) is 31.4. The maximum Gasteiger partial charge on any atom is 0.407 e. The van der Waals surface area contributed by atoms with E-state index in [9.17, 15) is 19.5 Å². The molecule has 0 radical (unpaired) electrons. The van der Waals surface area contributed by atoms with Crippen molar-refractivity contribution in [3.63, 3.8) is 0 Å². The lowest BCUT2D eigenvalue weighted by atomic mass is 9.85. The second kappa shape index (κ2) is 13.2. The van der Waals surface area contributed by atoms with E-state index in [0.29, 0.717) is 0 Å². The van der Waals surface area contributed by atoms with E-state index in [4.69, 9.17) is 4.74 Å². The van der Waals surface area contributed by atoms with Crippen LogP contribution in [0.2, 0.25) is 0 Å². The lowest BCUT2D eigenvalue weighted by Gasteiger charge is -2.35. The summed E-state index contributed by atoms with van der Waals surface area (Å²) in [6.07, 6.45) is 4.93. The Hall–Kier alpha value is -3.81. The molecular weight excluding hydrogens is 542 g/mol. The molecule has 1 saturated heterocycles. The van der Waals surface area contributed by atoms with E-state index < -0.39 is 23.5 Å². The van der Waals surface area contributed by atoms with E-state index in [0.717, 1.165) is 67.2 Å². The first kappa shape index (κ1) is 32.1. The molecule has 2 heterocycles. The Labute approximate surface area is 255 Å². The van der Waals surface area contributed by atoms with Gasteiger partial charge in [0.05, 0.1) is 12.1 Å². The molecule has 1 aliphatic heterocycles. The first-order chi connectivity index (χ1) is 20.3. The van der Waals surface area contributed by atoms with Crippen LogP contribution in [-0.2, 0) is 16.0 Å². The Morgan fingerprint density at radius 1 is 1.02 bits per heavy atom. The Balaban J connectivity index is 1.32. The minimum absolute atomic E-state index is 0.0432. The number of ether oxygens (including phenoxy) is 1. The zero-order valence-corrected chi connectivity index (χ0v) is 26.5. The fourth-order valence-corrected chi connectivity index (χ4v) is 6.01. The van der Waals surface area contributed by atoms with Crippen LogP contribution in [0.15, 0.2) is 54.6 Å². The normalized spacial score (nSPS) is 16.3. The van der Waals surface area contributed by atoms with Gasteiger partial charge in [0.2, 0.25) is 5.91 Å². The Kier molecular flexibility index (Phi) is 9.88. The fourth-order valence-electron chi connectivity index (χ4n) is 6.01. The van der Waals surface area contributed by atoms with Crippen molar-refractivity contribution in [1.82, 2.24) is 14.8 Å². The number of hydrogen-bond donors (Lipinski definition) is 2. The van der Waals surface area contributed by atoms with Gasteiger partial charge in [0.15, 0.2) is 0 Å². The maximum absolute atomic E-state index is 13.3. The van der Waals surface area contributed by atoms with Gasteiger partial charge >= 0.3 is 12.1 Å². The largest absolute Gasteiger partial charge is 0.477 e. The van der Waals surface area contributed by atoms with Gasteiger partial charge in [-0.15, -0.1) is 0 Å². The van der Waals surface area contributed by atoms with Gasteiger partial charge in [0.1, 0.15) is 11.7 Å². The number of alkyl carbamates (subject to hydrolysis) is 1. The number of rotatable bonds is 11. The predicted octanol–water partition coefficient (Wildman–Crippen LogP) is 7.22. The van der Waals surface area contributed by atoms with Crippen LogP contribution in [0.25, 0.3) is 16.6 Å². The first-order valence-corrected chi connectivity index (χ1v) is 15.4. The number of fused-ring (bicyclic) bond motifs is 1. The number of aromatic carboxylic acids is 1. The summed E-state index contributed by atoms with van der Waals surface area (Å²) in [6, 6.07) is 16.9. The van der Waals surface area contributed by atoms with Crippen molar-refractivity contribution >= 4 is 28.9 Å². The van der Waals surface area contributed by atoms with E-state index in [1.54, 1.807) is 10.6 Å². The SMILES string of the molecule is CC1CCCN1C(=O)[C@@H](NC(=O)OCC(C)(C)CCCCc1cccc2c1cc(C(=O)O)n2-c1ccccc1)C(C)(C)C. The summed E-state index contributed by atoms with van der Waals surface area (Å²) >= 11 is 0. The third-order valence-electron chi connectivity index (χ3n) is 8.52. The van der Waals surface area contributed by atoms with Crippen molar-refractivity contribution in [1.29, 1.82) is 0 Å². The van der Waals surface area contributed by atoms with Crippen molar-refractivity contribution in [3.8, 4) is 5.69 Å². The van der Waals surface area contributed by atoms with Crippen LogP contribution in [0.3, 0.4) is 0 Å². The van der Waals surface area contributed by atoms with E-state index in [2.05, 4.69) is 32.2 Å². The second-order valence-electron chi connectivity index (χ2n) is 13.8. The first-order valence-electron chi connectivity index (χ1n) is 15.4. The molecule has 2 atom stereocenters. The Bertz CT molecular complexity index is 1440. The van der Waals surface area contributed by atoms with Gasteiger partial charge in [0, 0.05) is 23.7 Å². The molecule has 1 aromatic heterocycles. The van der Waals surface area contributed by atoms with Gasteiger partial charge in [-0.05, 0) is 79.7 Å². The van der Waals surface area contributed by atoms with Crippen molar-refractivity contribution in [2.24, 2.45) is 10.8 Å². The van der Waals surface area contributed by atoms with Gasteiger partial charge < -0.3 is 24.6 Å². The molecule has 2 aromatic carbocycles. The number of aromatic nitrogens is 1. The summed E-state index contributed by atoms with van der Waals surface area (Å²) < 4.78 is 7.45. The molecule has 0 bridgehead atoms. The number of nitrogens with zero attached hydrogens (tertiary/aromatic N) is 2. The number of para-hydroxylation sites is 1. The van der Waals surface area contributed by atoms with E-state index in [1.807, 2.05) is 68.1 Å². The van der Waals surface area contributed by atoms with E-state index in [-0.39, 0.29) is 29.7 Å². The highest BCUT2D eigenvalue weighted by molar-refractivity contribution is 5.97. The molecule has 0 spiro atoms. The summed E-state index contributed by atoms with van der Waals surface area (Å²) in [5, 5.41) is 13.7. The average molecular weight is 590 g/mol. The van der Waals surface area contributed by atoms with Crippen LogP contribution in [-0.4, -0.2) is 57.8 Å². The summed E-state index contributed by atoms with van der Waals surface area (Å²) in [7, 11) is 0. The number of unbranched alkanes of at least 4 members (excludes halogenated alkanes) is 1. The number of carboxylic acids is 1. The van der Waals surface area contributed by atoms with Crippen LogP contribution < -0.4 is 5.32 Å². The quantitative estimate of drug-likeness (QED) is 0.230. The number of likely N-dealkylation sites (tertiary alicyclic amines) is 1. The number of aryl methyl sites for hydroxylation is 1. The highest BCUT2D eigenvalue weighted by Crippen LogP contribution is 2.30. The number of benzene rings is 2. The van der Waals surface area contributed by atoms with Gasteiger partial charge in [-0.3, -0.25) is 4.79 Å². The Morgan fingerprint density at radius 2 is 1.74 bits per heavy atom. The summed E-state index contributed by atoms with van der Waals surface area (Å²) in [5.41, 5.74) is 2.39. The predicted molar refractivity (Wildman–Crippen MR) is 170 cm³/mol. The second-order valence-corrected chi connectivity index (χ2v) is 13.8. The molecule has 43 heavy (non-hydrogen) atoms. The average Bonchev–Trinajstić information content (AvgIpc) is 3.57. The number of carbonyl (C=O) groups excluding carboxylic acids is 2. The van der Waals surface area contributed by atoms with Crippen molar-refractivity contribution in [3.05, 3.63) is 65.9 Å². The maximum atomic E-state index is 13.3. The number of carboxylic acid groups (broad SMARTS) is 1. The van der Waals surface area contributed by atoms with Crippen molar-refractivity contribution in [2.75, 3.05) is 13.2 Å². The molecule has 2 N–H and O–H groups in total. The zero-order valence-electron chi connectivity index (χ0n) is 26.5. The number of carbonyl (C=O) groups is 3. The topological polar surface area (TPSA) is 101 Å². The van der Waals surface area contributed by atoms with Crippen LogP contribution in [0.4, 0.5) is 4.79 Å². The summed E-state index contributed by atoms with van der Waals surface area (Å²) in [6.45, 7) is 13.1. The lowest BCUT2D eigenvalue weighted by molar-refractivity contribution is -0.136. The highest BCUT2D eigenvalue weighted by atomic mass is 16.5. The van der Waals surface area contributed by atoms with Crippen LogP contribution >= 0.6 is 0 Å². The molecule has 1 unspecified atom stereocenters.